The zero-order valence-corrected chi connectivity index (χ0v) is 8.76. The molecule has 1 saturated carbocycles. The van der Waals surface area contributed by atoms with Crippen LogP contribution in [0.3, 0.4) is 0 Å². The topological polar surface area (TPSA) is 153 Å². The van der Waals surface area contributed by atoms with E-state index in [4.69, 9.17) is 20.2 Å². The third-order valence-electron chi connectivity index (χ3n) is 2.12. The summed E-state index contributed by atoms with van der Waals surface area (Å²) >= 11 is 0. The van der Waals surface area contributed by atoms with Gasteiger partial charge in [-0.25, -0.2) is 9.68 Å². The minimum absolute atomic E-state index is 0.161. The van der Waals surface area contributed by atoms with Crippen molar-refractivity contribution in [2.24, 2.45) is 0 Å². The minimum Gasteiger partial charge on any atom is -0.479 e. The van der Waals surface area contributed by atoms with E-state index >= 15 is 0 Å². The van der Waals surface area contributed by atoms with E-state index in [2.05, 4.69) is 4.89 Å². The summed E-state index contributed by atoms with van der Waals surface area (Å²) in [6.45, 7) is 0. The largest absolute Gasteiger partial charge is 0.479 e. The Morgan fingerprint density at radius 2 is 2.06 bits per heavy atom. The van der Waals surface area contributed by atoms with Crippen molar-refractivity contribution in [3.63, 3.8) is 0 Å². The van der Waals surface area contributed by atoms with Crippen LogP contribution in [0, 0.1) is 0 Å². The zero-order valence-electron chi connectivity index (χ0n) is 7.86. The predicted molar refractivity (Wildman–Crippen MR) is 47.5 cm³/mol. The molecule has 0 radical (unpaired) electrons. The van der Waals surface area contributed by atoms with E-state index in [9.17, 15) is 14.2 Å². The fourth-order valence-electron chi connectivity index (χ4n) is 1.25. The molecule has 0 aromatic rings. The summed E-state index contributed by atoms with van der Waals surface area (Å²) in [6.07, 6.45) is -2.38. The predicted octanol–water partition coefficient (Wildman–Crippen LogP) is -1.63. The van der Waals surface area contributed by atoms with E-state index in [1.54, 1.807) is 0 Å². The lowest BCUT2D eigenvalue weighted by Crippen LogP contribution is -2.47. The summed E-state index contributed by atoms with van der Waals surface area (Å²) in [5.74, 6) is -2.55. The highest BCUT2D eigenvalue weighted by molar-refractivity contribution is 7.52. The monoisotopic (exact) mass is 255 g/mol. The fraction of sp³-hybridized carbons (Fsp3) is 0.667. The van der Waals surface area contributed by atoms with Crippen LogP contribution in [-0.2, 0) is 19.0 Å². The van der Waals surface area contributed by atoms with Crippen molar-refractivity contribution in [3.05, 3.63) is 0 Å². The first-order valence-electron chi connectivity index (χ1n) is 4.10. The van der Waals surface area contributed by atoms with Gasteiger partial charge in [0.25, 0.3) is 0 Å². The van der Waals surface area contributed by atoms with Crippen LogP contribution in [0.5, 0.6) is 0 Å². The normalized spacial score (nSPS) is 28.6. The van der Waals surface area contributed by atoms with Crippen molar-refractivity contribution in [2.45, 2.75) is 18.1 Å². The number of rotatable bonds is 5. The Balaban J connectivity index is 2.63. The van der Waals surface area contributed by atoms with E-state index in [0.29, 0.717) is 0 Å². The number of carbonyl (C=O) groups is 2. The van der Waals surface area contributed by atoms with Crippen LogP contribution in [0.15, 0.2) is 0 Å². The molecule has 0 heterocycles. The molecule has 1 rings (SSSR count). The summed E-state index contributed by atoms with van der Waals surface area (Å²) in [7, 11) is -4.55. The number of nitrogens with one attached hydrogen (secondary N) is 1. The Morgan fingerprint density at radius 3 is 2.38 bits per heavy atom. The summed E-state index contributed by atoms with van der Waals surface area (Å²) in [5.41, 5.74) is -1.79. The van der Waals surface area contributed by atoms with E-state index in [1.807, 2.05) is 5.32 Å². The van der Waals surface area contributed by atoms with Gasteiger partial charge in [-0.2, -0.15) is 0 Å². The Hall–Kier alpha value is -0.990. The minimum atomic E-state index is -4.55. The molecule has 0 spiro atoms. The van der Waals surface area contributed by atoms with Gasteiger partial charge in [-0.3, -0.25) is 14.6 Å². The van der Waals surface area contributed by atoms with E-state index < -0.39 is 37.3 Å². The van der Waals surface area contributed by atoms with Crippen molar-refractivity contribution in [1.82, 2.24) is 5.32 Å². The van der Waals surface area contributed by atoms with Crippen LogP contribution < -0.4 is 5.32 Å². The lowest BCUT2D eigenvalue weighted by molar-refractivity contribution is -0.257. The number of aliphatic carboxylic acids is 1. The van der Waals surface area contributed by atoms with Gasteiger partial charge in [0, 0.05) is 6.42 Å². The van der Waals surface area contributed by atoms with Gasteiger partial charge in [-0.05, 0) is 0 Å². The quantitative estimate of drug-likeness (QED) is 0.223. The van der Waals surface area contributed by atoms with Gasteiger partial charge in [-0.1, -0.05) is 0 Å². The molecule has 0 saturated heterocycles. The van der Waals surface area contributed by atoms with E-state index in [-0.39, 0.29) is 6.42 Å². The molecule has 1 fully saturated rings. The smallest absolute Gasteiger partial charge is 0.334 e. The molecule has 5 N–H and O–H groups in total. The Bertz CT molecular complexity index is 364. The summed E-state index contributed by atoms with van der Waals surface area (Å²) < 4.78 is 10.5. The molecule has 2 unspecified atom stereocenters. The van der Waals surface area contributed by atoms with Gasteiger partial charge in [0.15, 0.2) is 5.54 Å². The van der Waals surface area contributed by atoms with Crippen LogP contribution in [0.1, 0.15) is 6.42 Å². The number of amides is 1. The molecule has 92 valence electrons. The van der Waals surface area contributed by atoms with Crippen molar-refractivity contribution in [1.29, 1.82) is 0 Å². The van der Waals surface area contributed by atoms with Crippen LogP contribution in [0.25, 0.3) is 0 Å². The summed E-state index contributed by atoms with van der Waals surface area (Å²) in [4.78, 5) is 42.6. The lowest BCUT2D eigenvalue weighted by atomic mass is 10.2. The van der Waals surface area contributed by atoms with Gasteiger partial charge in [0.05, 0.1) is 0 Å². The number of carbonyl (C=O) groups excluding carboxylic acids is 1. The Kier molecular flexibility index (Phi) is 3.36. The average molecular weight is 255 g/mol. The summed E-state index contributed by atoms with van der Waals surface area (Å²) in [6, 6.07) is 0. The second kappa shape index (κ2) is 4.11. The van der Waals surface area contributed by atoms with Crippen LogP contribution in [-0.4, -0.2) is 49.8 Å². The maximum atomic E-state index is 11.1. The number of carboxylic acids is 1. The van der Waals surface area contributed by atoms with Gasteiger partial charge in [-0.15, -0.1) is 0 Å². The van der Waals surface area contributed by atoms with E-state index in [1.165, 1.54) is 0 Å². The molecule has 2 atom stereocenters. The molecular formula is C6H10NO8P. The SMILES string of the molecule is O=C(CP(=O)(O)O)NC1(C(=O)O)CC1OO. The molecular weight excluding hydrogens is 245 g/mol. The van der Waals surface area contributed by atoms with Crippen molar-refractivity contribution < 1.29 is 39.2 Å². The molecule has 0 aromatic heterocycles. The van der Waals surface area contributed by atoms with Gasteiger partial charge in [0.1, 0.15) is 12.3 Å². The maximum absolute atomic E-state index is 11.1. The highest BCUT2D eigenvalue weighted by Crippen LogP contribution is 2.40. The molecule has 1 aliphatic carbocycles. The molecule has 0 aromatic carbocycles. The fourth-order valence-corrected chi connectivity index (χ4v) is 1.70. The average Bonchev–Trinajstić information content (AvgIpc) is 2.76. The van der Waals surface area contributed by atoms with Crippen molar-refractivity contribution in [2.75, 3.05) is 6.16 Å². The third kappa shape index (κ3) is 2.77. The van der Waals surface area contributed by atoms with E-state index in [0.717, 1.165) is 0 Å². The molecule has 1 aliphatic rings. The zero-order chi connectivity index (χ0) is 12.6. The van der Waals surface area contributed by atoms with Crippen molar-refractivity contribution >= 4 is 19.5 Å². The molecule has 16 heavy (non-hydrogen) atoms. The molecule has 0 aliphatic heterocycles. The number of hydrogen-bond donors (Lipinski definition) is 5. The van der Waals surface area contributed by atoms with Gasteiger partial charge in [0.2, 0.25) is 5.91 Å². The molecule has 1 amide bonds. The second-order valence-corrected chi connectivity index (χ2v) is 5.09. The lowest BCUT2D eigenvalue weighted by Gasteiger charge is -2.13. The third-order valence-corrected chi connectivity index (χ3v) is 2.82. The highest BCUT2D eigenvalue weighted by Gasteiger charge is 2.64. The van der Waals surface area contributed by atoms with Gasteiger partial charge < -0.3 is 20.2 Å². The van der Waals surface area contributed by atoms with Crippen LogP contribution >= 0.6 is 7.60 Å². The standard InChI is InChI=1S/C6H10NO8P/c8-4(2-16(12,13)14)7-6(5(9)10)1-3(6)15-11/h3,11H,1-2H2,(H,7,8)(H,9,10)(H2,12,13,14). The first kappa shape index (κ1) is 13.1. The number of carboxylic acid groups (broad SMARTS) is 1. The highest BCUT2D eigenvalue weighted by atomic mass is 31.2. The first-order valence-corrected chi connectivity index (χ1v) is 5.90. The maximum Gasteiger partial charge on any atom is 0.334 e. The summed E-state index contributed by atoms with van der Waals surface area (Å²) in [5, 5.41) is 18.9. The first-order chi connectivity index (χ1) is 7.21. The van der Waals surface area contributed by atoms with Gasteiger partial charge >= 0.3 is 13.6 Å². The molecule has 9 nitrogen and oxygen atoms in total. The Morgan fingerprint density at radius 1 is 1.50 bits per heavy atom. The second-order valence-electron chi connectivity index (χ2n) is 3.45. The molecule has 0 bridgehead atoms. The Labute approximate surface area is 89.1 Å². The molecule has 10 heteroatoms. The van der Waals surface area contributed by atoms with Crippen LogP contribution in [0.4, 0.5) is 0 Å². The number of hydrogen-bond acceptors (Lipinski definition) is 5. The van der Waals surface area contributed by atoms with Crippen molar-refractivity contribution in [3.8, 4) is 0 Å². The van der Waals surface area contributed by atoms with Crippen LogP contribution in [0.2, 0.25) is 0 Å².